The van der Waals surface area contributed by atoms with Gasteiger partial charge in [-0.2, -0.15) is 8.61 Å². The van der Waals surface area contributed by atoms with Crippen molar-refractivity contribution in [2.24, 2.45) is 0 Å². The number of para-hydroxylation sites is 1. The van der Waals surface area contributed by atoms with Gasteiger partial charge in [-0.15, -0.1) is 0 Å². The molecule has 11 heteroatoms. The molecule has 3 aromatic rings. The SMILES string of the molecule is CC[C@@H]1CCCCN1S(=O)(=O)c1ccc(S(=O)(=O)N(CC(=O)Nc2ccccc2)Cc2ccc(F)cc2)cc1. The number of sulfonamides is 2. The average Bonchev–Trinajstić information content (AvgIpc) is 2.94. The van der Waals surface area contributed by atoms with Gasteiger partial charge in [-0.05, 0) is 73.4 Å². The van der Waals surface area contributed by atoms with Crippen LogP contribution < -0.4 is 5.32 Å². The van der Waals surface area contributed by atoms with Crippen molar-refractivity contribution < 1.29 is 26.0 Å². The van der Waals surface area contributed by atoms with E-state index in [1.807, 2.05) is 6.92 Å². The van der Waals surface area contributed by atoms with Crippen molar-refractivity contribution in [3.8, 4) is 0 Å². The van der Waals surface area contributed by atoms with Crippen LogP contribution in [-0.4, -0.2) is 50.5 Å². The molecule has 0 saturated carbocycles. The number of carbonyl (C=O) groups is 1. The summed E-state index contributed by atoms with van der Waals surface area (Å²) in [5.41, 5.74) is 1.00. The topological polar surface area (TPSA) is 104 Å². The molecule has 0 unspecified atom stereocenters. The second-order valence-corrected chi connectivity index (χ2v) is 13.3. The molecule has 1 heterocycles. The average molecular weight is 574 g/mol. The maximum absolute atomic E-state index is 13.7. The highest BCUT2D eigenvalue weighted by molar-refractivity contribution is 7.89. The van der Waals surface area contributed by atoms with Crippen LogP contribution in [0.3, 0.4) is 0 Å². The van der Waals surface area contributed by atoms with E-state index in [1.165, 1.54) is 52.8 Å². The molecule has 1 aliphatic rings. The minimum atomic E-state index is -4.23. The van der Waals surface area contributed by atoms with Gasteiger partial charge in [0.25, 0.3) is 0 Å². The Morgan fingerprint density at radius 1 is 0.923 bits per heavy atom. The maximum atomic E-state index is 13.7. The number of hydrogen-bond acceptors (Lipinski definition) is 5. The van der Waals surface area contributed by atoms with E-state index in [0.717, 1.165) is 23.6 Å². The second-order valence-electron chi connectivity index (χ2n) is 9.46. The van der Waals surface area contributed by atoms with E-state index in [1.54, 1.807) is 30.3 Å². The summed E-state index contributed by atoms with van der Waals surface area (Å²) in [6.45, 7) is 1.71. The molecular formula is C28H32FN3O5S2. The summed E-state index contributed by atoms with van der Waals surface area (Å²) in [6.07, 6.45) is 3.26. The van der Waals surface area contributed by atoms with Crippen molar-refractivity contribution in [2.75, 3.05) is 18.4 Å². The molecular weight excluding hydrogens is 541 g/mol. The smallest absolute Gasteiger partial charge is 0.243 e. The molecule has 1 amide bonds. The van der Waals surface area contributed by atoms with E-state index in [-0.39, 0.29) is 22.4 Å². The second kappa shape index (κ2) is 12.4. The first-order valence-corrected chi connectivity index (χ1v) is 15.7. The molecule has 208 valence electrons. The van der Waals surface area contributed by atoms with Crippen LogP contribution in [0.15, 0.2) is 88.7 Å². The lowest BCUT2D eigenvalue weighted by molar-refractivity contribution is -0.116. The molecule has 0 spiro atoms. The maximum Gasteiger partial charge on any atom is 0.243 e. The van der Waals surface area contributed by atoms with Gasteiger partial charge >= 0.3 is 0 Å². The third-order valence-corrected chi connectivity index (χ3v) is 10.5. The van der Waals surface area contributed by atoms with Crippen molar-refractivity contribution in [2.45, 2.75) is 55.0 Å². The molecule has 4 rings (SSSR count). The zero-order valence-electron chi connectivity index (χ0n) is 21.7. The van der Waals surface area contributed by atoms with E-state index in [4.69, 9.17) is 0 Å². The largest absolute Gasteiger partial charge is 0.325 e. The van der Waals surface area contributed by atoms with Gasteiger partial charge in [-0.1, -0.05) is 43.7 Å². The highest BCUT2D eigenvalue weighted by Crippen LogP contribution is 2.28. The van der Waals surface area contributed by atoms with Crippen LogP contribution in [0.5, 0.6) is 0 Å². The monoisotopic (exact) mass is 573 g/mol. The molecule has 1 saturated heterocycles. The molecule has 1 atom stereocenters. The number of nitrogens with zero attached hydrogens (tertiary/aromatic N) is 2. The van der Waals surface area contributed by atoms with Gasteiger partial charge in [-0.25, -0.2) is 21.2 Å². The fraction of sp³-hybridized carbons (Fsp3) is 0.321. The summed E-state index contributed by atoms with van der Waals surface area (Å²) in [4.78, 5) is 12.7. The number of piperidine rings is 1. The van der Waals surface area contributed by atoms with Crippen molar-refractivity contribution >= 4 is 31.6 Å². The van der Waals surface area contributed by atoms with Crippen LogP contribution in [0.4, 0.5) is 10.1 Å². The Bertz CT molecular complexity index is 1480. The van der Waals surface area contributed by atoms with Crippen LogP contribution >= 0.6 is 0 Å². The van der Waals surface area contributed by atoms with Crippen molar-refractivity contribution in [3.63, 3.8) is 0 Å². The number of nitrogens with one attached hydrogen (secondary N) is 1. The summed E-state index contributed by atoms with van der Waals surface area (Å²) in [6, 6.07) is 19.0. The van der Waals surface area contributed by atoms with Crippen molar-refractivity contribution in [1.82, 2.24) is 8.61 Å². The summed E-state index contributed by atoms with van der Waals surface area (Å²) in [5, 5.41) is 2.68. The Morgan fingerprint density at radius 3 is 2.21 bits per heavy atom. The minimum Gasteiger partial charge on any atom is -0.325 e. The molecule has 0 bridgehead atoms. The number of anilines is 1. The van der Waals surface area contributed by atoms with E-state index < -0.39 is 38.3 Å². The number of amides is 1. The number of halogens is 1. The number of hydrogen-bond donors (Lipinski definition) is 1. The van der Waals surface area contributed by atoms with Gasteiger partial charge in [0.05, 0.1) is 16.3 Å². The lowest BCUT2D eigenvalue weighted by Gasteiger charge is -2.34. The van der Waals surface area contributed by atoms with Crippen molar-refractivity contribution in [1.29, 1.82) is 0 Å². The summed E-state index contributed by atoms with van der Waals surface area (Å²) < 4.78 is 69.9. The molecule has 8 nitrogen and oxygen atoms in total. The van der Waals surface area contributed by atoms with Gasteiger partial charge in [-0.3, -0.25) is 4.79 Å². The molecule has 1 fully saturated rings. The van der Waals surface area contributed by atoms with Crippen molar-refractivity contribution in [3.05, 3.63) is 90.2 Å². The molecule has 1 N–H and O–H groups in total. The lowest BCUT2D eigenvalue weighted by atomic mass is 10.0. The first-order valence-electron chi connectivity index (χ1n) is 12.8. The van der Waals surface area contributed by atoms with Crippen LogP contribution in [0.25, 0.3) is 0 Å². The number of carbonyl (C=O) groups excluding carboxylic acids is 1. The normalized spacial score (nSPS) is 16.7. The molecule has 3 aromatic carbocycles. The van der Waals surface area contributed by atoms with Crippen LogP contribution in [0.2, 0.25) is 0 Å². The summed E-state index contributed by atoms with van der Waals surface area (Å²) in [5.74, 6) is -1.02. The van der Waals surface area contributed by atoms with E-state index in [2.05, 4.69) is 5.32 Å². The molecule has 0 aliphatic carbocycles. The molecule has 1 aliphatic heterocycles. The fourth-order valence-electron chi connectivity index (χ4n) is 4.67. The van der Waals surface area contributed by atoms with E-state index in [0.29, 0.717) is 24.2 Å². The Hall–Kier alpha value is -3.12. The zero-order chi connectivity index (χ0) is 28.0. The van der Waals surface area contributed by atoms with Gasteiger partial charge in [0.15, 0.2) is 0 Å². The Kier molecular flexibility index (Phi) is 9.16. The standard InChI is InChI=1S/C28H32FN3O5S2/c1-2-25-10-6-7-19-32(25)39(36,37)27-17-15-26(16-18-27)38(34,35)31(20-22-11-13-23(29)14-12-22)21-28(33)30-24-8-4-3-5-9-24/h3-5,8-9,11-18,25H,2,6-7,10,19-21H2,1H3,(H,30,33)/t25-/m1/s1. The predicted molar refractivity (Wildman–Crippen MR) is 147 cm³/mol. The fourth-order valence-corrected chi connectivity index (χ4v) is 7.82. The summed E-state index contributed by atoms with van der Waals surface area (Å²) in [7, 11) is -8.02. The number of rotatable bonds is 10. The van der Waals surface area contributed by atoms with Gasteiger partial charge in [0, 0.05) is 24.8 Å². The molecule has 0 aromatic heterocycles. The third kappa shape index (κ3) is 6.91. The predicted octanol–water partition coefficient (Wildman–Crippen LogP) is 4.61. The lowest BCUT2D eigenvalue weighted by Crippen LogP contribution is -2.43. The number of benzene rings is 3. The summed E-state index contributed by atoms with van der Waals surface area (Å²) >= 11 is 0. The Morgan fingerprint density at radius 2 is 1.56 bits per heavy atom. The Balaban J connectivity index is 1.60. The highest BCUT2D eigenvalue weighted by atomic mass is 32.2. The van der Waals surface area contributed by atoms with E-state index in [9.17, 15) is 26.0 Å². The third-order valence-electron chi connectivity index (χ3n) is 6.76. The first kappa shape index (κ1) is 28.9. The van der Waals surface area contributed by atoms with Crippen LogP contribution in [-0.2, 0) is 31.4 Å². The quantitative estimate of drug-likeness (QED) is 0.382. The van der Waals surface area contributed by atoms with E-state index >= 15 is 0 Å². The van der Waals surface area contributed by atoms with Gasteiger partial charge in [0.2, 0.25) is 26.0 Å². The van der Waals surface area contributed by atoms with Crippen LogP contribution in [0, 0.1) is 5.82 Å². The molecule has 39 heavy (non-hydrogen) atoms. The first-order chi connectivity index (χ1) is 18.6. The minimum absolute atomic E-state index is 0.0219. The van der Waals surface area contributed by atoms with Gasteiger partial charge < -0.3 is 5.32 Å². The Labute approximate surface area is 229 Å². The van der Waals surface area contributed by atoms with Crippen LogP contribution in [0.1, 0.15) is 38.2 Å². The zero-order valence-corrected chi connectivity index (χ0v) is 23.3. The molecule has 0 radical (unpaired) electrons. The highest BCUT2D eigenvalue weighted by Gasteiger charge is 2.33. The van der Waals surface area contributed by atoms with Gasteiger partial charge in [0.1, 0.15) is 5.82 Å².